The fourth-order valence-electron chi connectivity index (χ4n) is 12.3. The third-order valence-corrected chi connectivity index (χ3v) is 15.2. The highest BCUT2D eigenvalue weighted by Crippen LogP contribution is 2.44. The van der Waals surface area contributed by atoms with Crippen molar-refractivity contribution in [1.29, 1.82) is 0 Å². The summed E-state index contributed by atoms with van der Waals surface area (Å²) >= 11 is 0. The molecule has 0 spiro atoms. The first-order chi connectivity index (χ1) is 35.2. The molecule has 0 saturated carbocycles. The molecule has 0 aliphatic heterocycles. The van der Waals surface area contributed by atoms with Crippen molar-refractivity contribution in [3.8, 4) is 28.4 Å². The maximum absolute atomic E-state index is 2.49. The van der Waals surface area contributed by atoms with E-state index in [4.69, 9.17) is 0 Å². The van der Waals surface area contributed by atoms with Crippen LogP contribution in [0.15, 0.2) is 249 Å². The minimum atomic E-state index is 1.12. The molecule has 0 saturated heterocycles. The summed E-state index contributed by atoms with van der Waals surface area (Å²) in [5.74, 6) is 0. The van der Waals surface area contributed by atoms with Gasteiger partial charge in [-0.15, -0.1) is 0 Å². The average molecular weight is 904 g/mol. The number of nitrogens with zero attached hydrogens (tertiary/aromatic N) is 5. The van der Waals surface area contributed by atoms with E-state index >= 15 is 0 Å². The molecule has 0 aliphatic carbocycles. The summed E-state index contributed by atoms with van der Waals surface area (Å²) in [6, 6.07) is 91.6. The summed E-state index contributed by atoms with van der Waals surface area (Å²) in [6.07, 6.45) is 0. The second kappa shape index (κ2) is 14.5. The Bertz CT molecular complexity index is 4850. The molecule has 0 fully saturated rings. The Morgan fingerprint density at radius 1 is 0.141 bits per heavy atom. The van der Waals surface area contributed by atoms with E-state index in [1.807, 2.05) is 0 Å². The highest BCUT2D eigenvalue weighted by molar-refractivity contribution is 6.23. The molecule has 330 valence electrons. The van der Waals surface area contributed by atoms with Crippen LogP contribution in [-0.4, -0.2) is 22.8 Å². The van der Waals surface area contributed by atoms with Gasteiger partial charge in [-0.1, -0.05) is 140 Å². The molecule has 5 heteroatoms. The Morgan fingerprint density at radius 3 is 0.704 bits per heavy atom. The zero-order valence-corrected chi connectivity index (χ0v) is 38.4. The van der Waals surface area contributed by atoms with Crippen molar-refractivity contribution in [3.63, 3.8) is 0 Å². The lowest BCUT2D eigenvalue weighted by Gasteiger charge is -2.13. The second-order valence-electron chi connectivity index (χ2n) is 18.9. The SMILES string of the molecule is c1ccc(-n2c3ccccc3c3ccc(-n4c5ccccc5c5ccc(-n6c7ccccc7c7cc8c(cc76)c6cc7c(cc6n8-c6ccccc6)c6ccccc6n7-c6ccccc6)cc54)cc32)cc1. The van der Waals surface area contributed by atoms with Crippen LogP contribution in [0.3, 0.4) is 0 Å². The van der Waals surface area contributed by atoms with Crippen LogP contribution >= 0.6 is 0 Å². The number of hydrogen-bond acceptors (Lipinski definition) is 0. The van der Waals surface area contributed by atoms with E-state index < -0.39 is 0 Å². The topological polar surface area (TPSA) is 24.6 Å². The normalized spacial score (nSPS) is 12.2. The van der Waals surface area contributed by atoms with Gasteiger partial charge in [-0.25, -0.2) is 0 Å². The third kappa shape index (κ3) is 5.34. The Kier molecular flexibility index (Phi) is 7.82. The minimum Gasteiger partial charge on any atom is -0.309 e. The Balaban J connectivity index is 0.983. The third-order valence-electron chi connectivity index (χ3n) is 15.2. The maximum Gasteiger partial charge on any atom is 0.0561 e. The molecular weight excluding hydrogens is 863 g/mol. The maximum atomic E-state index is 2.49. The number of fused-ring (bicyclic) bond motifs is 15. The first-order valence-electron chi connectivity index (χ1n) is 24.4. The largest absolute Gasteiger partial charge is 0.309 e. The van der Waals surface area contributed by atoms with Gasteiger partial charge in [0, 0.05) is 82.3 Å². The molecule has 0 N–H and O–H groups in total. The number of benzene rings is 11. The van der Waals surface area contributed by atoms with Crippen molar-refractivity contribution in [2.75, 3.05) is 0 Å². The van der Waals surface area contributed by atoms with Crippen LogP contribution in [0.2, 0.25) is 0 Å². The molecule has 16 aromatic rings. The fraction of sp³-hybridized carbons (Fsp3) is 0. The van der Waals surface area contributed by atoms with E-state index in [-0.39, 0.29) is 0 Å². The molecule has 0 aliphatic rings. The first kappa shape index (κ1) is 38.4. The lowest BCUT2D eigenvalue weighted by molar-refractivity contribution is 1.14. The van der Waals surface area contributed by atoms with Crippen molar-refractivity contribution in [2.45, 2.75) is 0 Å². The van der Waals surface area contributed by atoms with Crippen LogP contribution in [0.4, 0.5) is 0 Å². The van der Waals surface area contributed by atoms with Gasteiger partial charge in [0.25, 0.3) is 0 Å². The van der Waals surface area contributed by atoms with Crippen molar-refractivity contribution < 1.29 is 0 Å². The van der Waals surface area contributed by atoms with Crippen LogP contribution in [0.25, 0.3) is 137 Å². The summed E-state index contributed by atoms with van der Waals surface area (Å²) in [4.78, 5) is 0. The van der Waals surface area contributed by atoms with E-state index in [1.165, 1.54) is 104 Å². The number of para-hydroxylation sites is 7. The Morgan fingerprint density at radius 2 is 0.366 bits per heavy atom. The highest BCUT2D eigenvalue weighted by Gasteiger charge is 2.23. The predicted molar refractivity (Wildman–Crippen MR) is 298 cm³/mol. The van der Waals surface area contributed by atoms with Gasteiger partial charge in [0.05, 0.1) is 55.2 Å². The van der Waals surface area contributed by atoms with Crippen LogP contribution in [0, 0.1) is 0 Å². The van der Waals surface area contributed by atoms with Gasteiger partial charge in [0.1, 0.15) is 0 Å². The molecule has 71 heavy (non-hydrogen) atoms. The summed E-state index contributed by atoms with van der Waals surface area (Å²) in [5.41, 5.74) is 17.5. The monoisotopic (exact) mass is 903 g/mol. The molecule has 11 aromatic carbocycles. The molecule has 5 heterocycles. The molecule has 0 unspecified atom stereocenters. The summed E-state index contributed by atoms with van der Waals surface area (Å²) < 4.78 is 12.3. The lowest BCUT2D eigenvalue weighted by atomic mass is 10.1. The summed E-state index contributed by atoms with van der Waals surface area (Å²) in [7, 11) is 0. The average Bonchev–Trinajstić information content (AvgIpc) is 4.21. The van der Waals surface area contributed by atoms with Crippen molar-refractivity contribution >= 4 is 109 Å². The van der Waals surface area contributed by atoms with E-state index in [1.54, 1.807) is 0 Å². The van der Waals surface area contributed by atoms with Gasteiger partial charge in [0.2, 0.25) is 0 Å². The predicted octanol–water partition coefficient (Wildman–Crippen LogP) is 17.2. The molecule has 16 rings (SSSR count). The summed E-state index contributed by atoms with van der Waals surface area (Å²) in [5, 5.41) is 12.3. The van der Waals surface area contributed by atoms with Gasteiger partial charge < -0.3 is 22.8 Å². The Labute approximate surface area is 407 Å². The number of hydrogen-bond donors (Lipinski definition) is 0. The second-order valence-corrected chi connectivity index (χ2v) is 18.9. The van der Waals surface area contributed by atoms with Crippen LogP contribution in [0.1, 0.15) is 0 Å². The van der Waals surface area contributed by atoms with E-state index in [0.29, 0.717) is 0 Å². The molecule has 0 amide bonds. The van der Waals surface area contributed by atoms with E-state index in [0.717, 1.165) is 34.0 Å². The van der Waals surface area contributed by atoms with Gasteiger partial charge in [-0.05, 0) is 109 Å². The van der Waals surface area contributed by atoms with Crippen molar-refractivity contribution in [2.24, 2.45) is 0 Å². The molecule has 5 aromatic heterocycles. The highest BCUT2D eigenvalue weighted by atomic mass is 15.0. The van der Waals surface area contributed by atoms with Crippen LogP contribution < -0.4 is 0 Å². The van der Waals surface area contributed by atoms with Crippen molar-refractivity contribution in [3.05, 3.63) is 249 Å². The fourth-order valence-corrected chi connectivity index (χ4v) is 12.3. The molecule has 0 atom stereocenters. The Hall–Kier alpha value is -9.58. The van der Waals surface area contributed by atoms with Crippen LogP contribution in [-0.2, 0) is 0 Å². The smallest absolute Gasteiger partial charge is 0.0561 e. The number of rotatable bonds is 5. The molecule has 0 radical (unpaired) electrons. The standard InChI is InChI=1S/C66H41N5/c1-4-18-42(19-5-1)67-57-28-14-10-24-47(57)51-34-32-45(36-61(51)67)70-58-29-15-11-25-48(58)52-35-33-46(37-62(52)70)71-60-31-17-13-27-50(60)54-39-66-56(41-64(54)71)55-40-63-53(38-65(55)69(66)44-22-8-3-9-23-44)49-26-12-16-30-59(49)68(63)43-20-6-2-7-21-43/h1-41H. The molecule has 0 bridgehead atoms. The molecular formula is C66H41N5. The van der Waals surface area contributed by atoms with E-state index in [2.05, 4.69) is 272 Å². The quantitative estimate of drug-likeness (QED) is 0.164. The van der Waals surface area contributed by atoms with Crippen LogP contribution in [0.5, 0.6) is 0 Å². The lowest BCUT2D eigenvalue weighted by Crippen LogP contribution is -1.98. The zero-order chi connectivity index (χ0) is 46.3. The van der Waals surface area contributed by atoms with E-state index in [9.17, 15) is 0 Å². The first-order valence-corrected chi connectivity index (χ1v) is 24.4. The number of aromatic nitrogens is 5. The van der Waals surface area contributed by atoms with Gasteiger partial charge in [-0.2, -0.15) is 0 Å². The summed E-state index contributed by atoms with van der Waals surface area (Å²) in [6.45, 7) is 0. The van der Waals surface area contributed by atoms with Gasteiger partial charge in [-0.3, -0.25) is 0 Å². The minimum absolute atomic E-state index is 1.12. The van der Waals surface area contributed by atoms with Gasteiger partial charge >= 0.3 is 0 Å². The zero-order valence-electron chi connectivity index (χ0n) is 38.4. The van der Waals surface area contributed by atoms with Gasteiger partial charge in [0.15, 0.2) is 0 Å². The van der Waals surface area contributed by atoms with Crippen molar-refractivity contribution in [1.82, 2.24) is 22.8 Å². The molecule has 5 nitrogen and oxygen atoms in total.